The summed E-state index contributed by atoms with van der Waals surface area (Å²) in [6.07, 6.45) is 4.33. The molecule has 0 fully saturated rings. The van der Waals surface area contributed by atoms with Gasteiger partial charge in [-0.05, 0) is 33.9 Å². The average Bonchev–Trinajstić information content (AvgIpc) is 2.63. The van der Waals surface area contributed by atoms with E-state index in [-0.39, 0.29) is 0 Å². The van der Waals surface area contributed by atoms with Crippen LogP contribution in [0.15, 0.2) is 12.4 Å². The topological polar surface area (TPSA) is 50.1 Å². The maximum Gasteiger partial charge on any atom is 0.0910 e. The molecule has 1 aromatic heterocycles. The minimum absolute atomic E-state index is 0.693. The molecule has 0 saturated carbocycles. The summed E-state index contributed by atoms with van der Waals surface area (Å²) in [7, 11) is 1.88. The Morgan fingerprint density at radius 1 is 1.64 bits per heavy atom. The Balaban J connectivity index is 2.70. The molecule has 0 aromatic carbocycles. The van der Waals surface area contributed by atoms with Gasteiger partial charge in [0.15, 0.2) is 0 Å². The number of nitrogens with zero attached hydrogens (tertiary/aromatic N) is 2. The lowest BCUT2D eigenvalue weighted by molar-refractivity contribution is 0.0484. The van der Waals surface area contributed by atoms with Gasteiger partial charge in [-0.2, -0.15) is 5.10 Å². The largest absolute Gasteiger partial charge is 0.385 e. The minimum Gasteiger partial charge on any atom is -0.385 e. The summed E-state index contributed by atoms with van der Waals surface area (Å²) < 4.78 is 1.82. The predicted molar refractivity (Wildman–Crippen MR) is 56.0 cm³/mol. The molecular weight excluding hydrogens is 178 g/mol. The minimum atomic E-state index is -0.781. The molecule has 1 rings (SSSR count). The van der Waals surface area contributed by atoms with E-state index in [2.05, 4.69) is 10.4 Å². The van der Waals surface area contributed by atoms with Crippen molar-refractivity contribution in [1.29, 1.82) is 0 Å². The van der Waals surface area contributed by atoms with E-state index < -0.39 is 5.60 Å². The normalized spacial score (nSPS) is 15.4. The highest BCUT2D eigenvalue weighted by molar-refractivity contribution is 5.13. The molecule has 0 aliphatic carbocycles. The summed E-state index contributed by atoms with van der Waals surface area (Å²) in [6.45, 7) is 5.48. The van der Waals surface area contributed by atoms with Crippen LogP contribution >= 0.6 is 0 Å². The zero-order chi connectivity index (χ0) is 10.6. The molecule has 80 valence electrons. The van der Waals surface area contributed by atoms with Gasteiger partial charge in [0.2, 0.25) is 0 Å². The summed E-state index contributed by atoms with van der Waals surface area (Å²) in [5.41, 5.74) is 0.103. The highest BCUT2D eigenvalue weighted by Crippen LogP contribution is 2.23. The van der Waals surface area contributed by atoms with Crippen LogP contribution < -0.4 is 5.32 Å². The molecule has 0 bridgehead atoms. The summed E-state index contributed by atoms with van der Waals surface area (Å²) in [5, 5.41) is 17.3. The quantitative estimate of drug-likeness (QED) is 0.731. The van der Waals surface area contributed by atoms with Crippen molar-refractivity contribution in [2.75, 3.05) is 13.6 Å². The molecule has 4 nitrogen and oxygen atoms in total. The summed E-state index contributed by atoms with van der Waals surface area (Å²) in [6, 6.07) is 0. The van der Waals surface area contributed by atoms with Crippen molar-refractivity contribution in [1.82, 2.24) is 15.1 Å². The van der Waals surface area contributed by atoms with E-state index in [0.29, 0.717) is 6.42 Å². The zero-order valence-corrected chi connectivity index (χ0v) is 9.12. The first-order valence-electron chi connectivity index (χ1n) is 5.00. The molecule has 0 aliphatic rings. The molecule has 1 aromatic rings. The predicted octanol–water partition coefficient (Wildman–Crippen LogP) is 0.720. The van der Waals surface area contributed by atoms with Gasteiger partial charge in [0, 0.05) is 18.3 Å². The molecule has 0 saturated heterocycles. The van der Waals surface area contributed by atoms with Crippen molar-refractivity contribution in [3.63, 3.8) is 0 Å². The summed E-state index contributed by atoms with van der Waals surface area (Å²) >= 11 is 0. The number of rotatable bonds is 5. The van der Waals surface area contributed by atoms with E-state index >= 15 is 0 Å². The first-order chi connectivity index (χ1) is 6.60. The Morgan fingerprint density at radius 3 is 2.86 bits per heavy atom. The van der Waals surface area contributed by atoms with Gasteiger partial charge in [-0.15, -0.1) is 0 Å². The summed E-state index contributed by atoms with van der Waals surface area (Å²) in [4.78, 5) is 0. The third-order valence-electron chi connectivity index (χ3n) is 2.44. The highest BCUT2D eigenvalue weighted by Gasteiger charge is 2.23. The van der Waals surface area contributed by atoms with Crippen molar-refractivity contribution >= 4 is 0 Å². The number of aromatic nitrogens is 2. The maximum atomic E-state index is 10.1. The van der Waals surface area contributed by atoms with Gasteiger partial charge in [0.1, 0.15) is 0 Å². The van der Waals surface area contributed by atoms with Crippen LogP contribution in [-0.2, 0) is 12.1 Å². The van der Waals surface area contributed by atoms with Gasteiger partial charge in [-0.25, -0.2) is 0 Å². The second-order valence-corrected chi connectivity index (χ2v) is 3.71. The smallest absolute Gasteiger partial charge is 0.0910 e. The van der Waals surface area contributed by atoms with E-state index in [1.165, 1.54) is 0 Å². The Labute approximate surface area is 84.9 Å². The Morgan fingerprint density at radius 2 is 2.36 bits per heavy atom. The fraction of sp³-hybridized carbons (Fsp3) is 0.700. The lowest BCUT2D eigenvalue weighted by atomic mass is 9.96. The molecule has 4 heteroatoms. The number of hydrogen-bond acceptors (Lipinski definition) is 3. The van der Waals surface area contributed by atoms with Gasteiger partial charge >= 0.3 is 0 Å². The number of aryl methyl sites for hydroxylation is 1. The van der Waals surface area contributed by atoms with E-state index in [1.807, 2.05) is 31.8 Å². The number of nitrogens with one attached hydrogen (secondary N) is 1. The fourth-order valence-electron chi connectivity index (χ4n) is 1.33. The van der Waals surface area contributed by atoms with Crippen LogP contribution in [0.25, 0.3) is 0 Å². The molecule has 0 amide bonds. The van der Waals surface area contributed by atoms with E-state index in [9.17, 15) is 5.11 Å². The second-order valence-electron chi connectivity index (χ2n) is 3.71. The van der Waals surface area contributed by atoms with Gasteiger partial charge in [-0.3, -0.25) is 4.68 Å². The summed E-state index contributed by atoms with van der Waals surface area (Å²) in [5.74, 6) is 0. The molecule has 0 spiro atoms. The fourth-order valence-corrected chi connectivity index (χ4v) is 1.33. The van der Waals surface area contributed by atoms with Crippen LogP contribution in [-0.4, -0.2) is 28.5 Å². The van der Waals surface area contributed by atoms with Crippen molar-refractivity contribution in [3.05, 3.63) is 18.0 Å². The zero-order valence-electron chi connectivity index (χ0n) is 9.12. The molecule has 14 heavy (non-hydrogen) atoms. The second kappa shape index (κ2) is 4.57. The Kier molecular flexibility index (Phi) is 3.66. The van der Waals surface area contributed by atoms with E-state index in [0.717, 1.165) is 18.7 Å². The molecule has 0 aliphatic heterocycles. The van der Waals surface area contributed by atoms with Crippen molar-refractivity contribution < 1.29 is 5.11 Å². The lowest BCUT2D eigenvalue weighted by Gasteiger charge is -2.21. The SMILES string of the molecule is CCn1cc(C(C)(O)CCNC)cn1. The molecular formula is C10H19N3O. The van der Waals surface area contributed by atoms with Gasteiger partial charge in [-0.1, -0.05) is 0 Å². The lowest BCUT2D eigenvalue weighted by Crippen LogP contribution is -2.25. The average molecular weight is 197 g/mol. The van der Waals surface area contributed by atoms with E-state index in [1.54, 1.807) is 6.20 Å². The maximum absolute atomic E-state index is 10.1. The first kappa shape index (κ1) is 11.2. The third-order valence-corrected chi connectivity index (χ3v) is 2.44. The number of hydrogen-bond donors (Lipinski definition) is 2. The highest BCUT2D eigenvalue weighted by atomic mass is 16.3. The van der Waals surface area contributed by atoms with Crippen LogP contribution in [0, 0.1) is 0 Å². The van der Waals surface area contributed by atoms with Crippen LogP contribution in [0.2, 0.25) is 0 Å². The monoisotopic (exact) mass is 197 g/mol. The van der Waals surface area contributed by atoms with Crippen LogP contribution in [0.3, 0.4) is 0 Å². The van der Waals surface area contributed by atoms with Crippen molar-refractivity contribution in [3.8, 4) is 0 Å². The van der Waals surface area contributed by atoms with Gasteiger partial charge in [0.25, 0.3) is 0 Å². The van der Waals surface area contributed by atoms with E-state index in [4.69, 9.17) is 0 Å². The van der Waals surface area contributed by atoms with Crippen LogP contribution in [0.1, 0.15) is 25.8 Å². The Bertz CT molecular complexity index is 281. The van der Waals surface area contributed by atoms with Crippen LogP contribution in [0.4, 0.5) is 0 Å². The molecule has 1 atom stereocenters. The first-order valence-corrected chi connectivity index (χ1v) is 5.00. The molecule has 1 unspecified atom stereocenters. The van der Waals surface area contributed by atoms with Gasteiger partial charge in [0.05, 0.1) is 11.8 Å². The molecule has 0 radical (unpaired) electrons. The van der Waals surface area contributed by atoms with Crippen LogP contribution in [0.5, 0.6) is 0 Å². The molecule has 2 N–H and O–H groups in total. The third kappa shape index (κ3) is 2.56. The van der Waals surface area contributed by atoms with Gasteiger partial charge < -0.3 is 10.4 Å². The number of aliphatic hydroxyl groups is 1. The standard InChI is InChI=1S/C10H19N3O/c1-4-13-8-9(7-12-13)10(2,14)5-6-11-3/h7-8,11,14H,4-6H2,1-3H3. The van der Waals surface area contributed by atoms with Crippen molar-refractivity contribution in [2.24, 2.45) is 0 Å². The molecule has 1 heterocycles. The Hall–Kier alpha value is -0.870. The van der Waals surface area contributed by atoms with Crippen molar-refractivity contribution in [2.45, 2.75) is 32.4 Å².